The second-order valence-corrected chi connectivity index (χ2v) is 6.58. The highest BCUT2D eigenvalue weighted by Crippen LogP contribution is 2.26. The molecule has 0 radical (unpaired) electrons. The third-order valence-corrected chi connectivity index (χ3v) is 4.58. The first-order chi connectivity index (χ1) is 8.80. The van der Waals surface area contributed by atoms with E-state index in [9.17, 15) is 13.2 Å². The quantitative estimate of drug-likeness (QED) is 0.906. The molecule has 0 heterocycles. The van der Waals surface area contributed by atoms with Crippen LogP contribution in [0.5, 0.6) is 0 Å². The zero-order valence-corrected chi connectivity index (χ0v) is 11.9. The molecule has 1 saturated carbocycles. The summed E-state index contributed by atoms with van der Waals surface area (Å²) in [5.41, 5.74) is 0.995. The number of carbonyl (C=O) groups excluding carboxylic acids is 1. The molecule has 0 atom stereocenters. The van der Waals surface area contributed by atoms with E-state index in [4.69, 9.17) is 5.14 Å². The summed E-state index contributed by atoms with van der Waals surface area (Å²) in [4.78, 5) is 13.9. The van der Waals surface area contributed by atoms with Crippen molar-refractivity contribution < 1.29 is 13.2 Å². The Morgan fingerprint density at radius 1 is 1.37 bits per heavy atom. The number of nitrogens with two attached hydrogens (primary N) is 1. The predicted molar refractivity (Wildman–Crippen MR) is 72.3 cm³/mol. The van der Waals surface area contributed by atoms with E-state index < -0.39 is 10.0 Å². The molecule has 0 saturated heterocycles. The fourth-order valence-corrected chi connectivity index (χ4v) is 2.90. The Morgan fingerprint density at radius 3 is 2.47 bits per heavy atom. The first-order valence-electron chi connectivity index (χ1n) is 6.21. The maximum atomic E-state index is 12.4. The molecule has 1 aliphatic carbocycles. The average molecular weight is 282 g/mol. The van der Waals surface area contributed by atoms with Crippen LogP contribution in [0, 0.1) is 6.92 Å². The molecule has 2 rings (SSSR count). The van der Waals surface area contributed by atoms with E-state index in [-0.39, 0.29) is 22.4 Å². The molecule has 0 aliphatic heterocycles. The summed E-state index contributed by atoms with van der Waals surface area (Å²) in [5, 5.41) is 5.17. The van der Waals surface area contributed by atoms with Gasteiger partial charge in [-0.2, -0.15) is 0 Å². The summed E-state index contributed by atoms with van der Waals surface area (Å²) < 4.78 is 23.1. The number of nitrogens with zero attached hydrogens (tertiary/aromatic N) is 1. The van der Waals surface area contributed by atoms with Gasteiger partial charge in [-0.3, -0.25) is 4.79 Å². The number of hydrogen-bond acceptors (Lipinski definition) is 3. The molecule has 1 fully saturated rings. The van der Waals surface area contributed by atoms with Gasteiger partial charge in [-0.15, -0.1) is 0 Å². The molecule has 104 valence electrons. The van der Waals surface area contributed by atoms with Gasteiger partial charge in [0.05, 0.1) is 10.5 Å². The normalized spacial score (nSPS) is 15.9. The predicted octanol–water partition coefficient (Wildman–Crippen LogP) is 1.27. The van der Waals surface area contributed by atoms with E-state index in [1.165, 1.54) is 6.07 Å². The second kappa shape index (κ2) is 4.94. The van der Waals surface area contributed by atoms with Crippen LogP contribution in [-0.2, 0) is 10.0 Å². The van der Waals surface area contributed by atoms with Crippen LogP contribution in [0.15, 0.2) is 23.1 Å². The molecule has 5 nitrogen and oxygen atoms in total. The molecule has 0 unspecified atom stereocenters. The number of primary sulfonamides is 1. The molecule has 0 spiro atoms. The van der Waals surface area contributed by atoms with Crippen molar-refractivity contribution in [3.8, 4) is 0 Å². The lowest BCUT2D eigenvalue weighted by Gasteiger charge is -2.35. The van der Waals surface area contributed by atoms with Crippen LogP contribution < -0.4 is 5.14 Å². The van der Waals surface area contributed by atoms with Gasteiger partial charge in [0.25, 0.3) is 5.91 Å². The maximum Gasteiger partial charge on any atom is 0.255 e. The lowest BCUT2D eigenvalue weighted by molar-refractivity contribution is 0.0648. The van der Waals surface area contributed by atoms with Crippen molar-refractivity contribution in [3.63, 3.8) is 0 Å². The van der Waals surface area contributed by atoms with Gasteiger partial charge in [-0.05, 0) is 38.3 Å². The Hall–Kier alpha value is -1.40. The molecule has 1 amide bonds. The van der Waals surface area contributed by atoms with Crippen molar-refractivity contribution in [1.82, 2.24) is 4.90 Å². The standard InChI is InChI=1S/C13H18N2O3S/c1-9-6-7-12(19(14,17)18)11(8-9)13(16)15(2)10-4-3-5-10/h6-8,10H,3-5H2,1-2H3,(H2,14,17,18). The number of aryl methyl sites for hydroxylation is 1. The summed E-state index contributed by atoms with van der Waals surface area (Å²) >= 11 is 0. The van der Waals surface area contributed by atoms with Crippen molar-refractivity contribution >= 4 is 15.9 Å². The smallest absolute Gasteiger partial charge is 0.255 e. The fraction of sp³-hybridized carbons (Fsp3) is 0.462. The van der Waals surface area contributed by atoms with Crippen molar-refractivity contribution in [2.75, 3.05) is 7.05 Å². The molecule has 2 N–H and O–H groups in total. The zero-order chi connectivity index (χ0) is 14.2. The van der Waals surface area contributed by atoms with Gasteiger partial charge in [0.15, 0.2) is 0 Å². The minimum absolute atomic E-state index is 0.103. The molecule has 6 heteroatoms. The monoisotopic (exact) mass is 282 g/mol. The summed E-state index contributed by atoms with van der Waals surface area (Å²) in [5.74, 6) is -0.280. The zero-order valence-electron chi connectivity index (χ0n) is 11.1. The highest BCUT2D eigenvalue weighted by Gasteiger charge is 2.29. The van der Waals surface area contributed by atoms with Gasteiger partial charge in [0.2, 0.25) is 10.0 Å². The molecular weight excluding hydrogens is 264 g/mol. The van der Waals surface area contributed by atoms with Gasteiger partial charge in [-0.1, -0.05) is 11.6 Å². The highest BCUT2D eigenvalue weighted by atomic mass is 32.2. The molecule has 1 aromatic carbocycles. The summed E-state index contributed by atoms with van der Waals surface area (Å²) in [6.07, 6.45) is 3.05. The molecule has 19 heavy (non-hydrogen) atoms. The van der Waals surface area contributed by atoms with Crippen LogP contribution in [-0.4, -0.2) is 32.3 Å². The van der Waals surface area contributed by atoms with Crippen molar-refractivity contribution in [2.45, 2.75) is 37.1 Å². The van der Waals surface area contributed by atoms with Crippen LogP contribution in [0.25, 0.3) is 0 Å². The van der Waals surface area contributed by atoms with E-state index in [1.54, 1.807) is 24.1 Å². The van der Waals surface area contributed by atoms with E-state index in [0.717, 1.165) is 24.8 Å². The average Bonchev–Trinajstić information content (AvgIpc) is 2.23. The Bertz CT molecular complexity index is 606. The second-order valence-electron chi connectivity index (χ2n) is 5.05. The van der Waals surface area contributed by atoms with Crippen molar-refractivity contribution in [1.29, 1.82) is 0 Å². The SMILES string of the molecule is Cc1ccc(S(N)(=O)=O)c(C(=O)N(C)C2CCC2)c1. The minimum atomic E-state index is -3.89. The number of benzene rings is 1. The lowest BCUT2D eigenvalue weighted by Crippen LogP contribution is -2.41. The number of rotatable bonds is 3. The van der Waals surface area contributed by atoms with E-state index in [1.807, 2.05) is 6.92 Å². The number of carbonyl (C=O) groups is 1. The van der Waals surface area contributed by atoms with Crippen LogP contribution in [0.3, 0.4) is 0 Å². The van der Waals surface area contributed by atoms with Gasteiger partial charge in [-0.25, -0.2) is 13.6 Å². The van der Waals surface area contributed by atoms with Gasteiger partial charge in [0.1, 0.15) is 0 Å². The first-order valence-corrected chi connectivity index (χ1v) is 7.76. The summed E-state index contributed by atoms with van der Waals surface area (Å²) in [7, 11) is -2.18. The fourth-order valence-electron chi connectivity index (χ4n) is 2.19. The van der Waals surface area contributed by atoms with Crippen LogP contribution in [0.2, 0.25) is 0 Å². The number of hydrogen-bond donors (Lipinski definition) is 1. The van der Waals surface area contributed by atoms with Crippen molar-refractivity contribution in [2.24, 2.45) is 5.14 Å². The van der Waals surface area contributed by atoms with Gasteiger partial charge < -0.3 is 4.90 Å². The Labute approximate surface area is 113 Å². The largest absolute Gasteiger partial charge is 0.339 e. The van der Waals surface area contributed by atoms with E-state index in [0.29, 0.717) is 0 Å². The Balaban J connectivity index is 2.42. The van der Waals surface area contributed by atoms with E-state index >= 15 is 0 Å². The lowest BCUT2D eigenvalue weighted by atomic mass is 9.91. The van der Waals surface area contributed by atoms with Crippen LogP contribution in [0.1, 0.15) is 35.2 Å². The molecule has 0 bridgehead atoms. The third-order valence-electron chi connectivity index (χ3n) is 3.61. The van der Waals surface area contributed by atoms with Crippen LogP contribution >= 0.6 is 0 Å². The first kappa shape index (κ1) is 14.0. The summed E-state index contributed by atoms with van der Waals surface area (Å²) in [6, 6.07) is 4.82. The van der Waals surface area contributed by atoms with Crippen LogP contribution in [0.4, 0.5) is 0 Å². The van der Waals surface area contributed by atoms with Gasteiger partial charge in [0, 0.05) is 13.1 Å². The highest BCUT2D eigenvalue weighted by molar-refractivity contribution is 7.89. The molecule has 1 aliphatic rings. The molecular formula is C13H18N2O3S. The molecule has 0 aromatic heterocycles. The van der Waals surface area contributed by atoms with E-state index in [2.05, 4.69) is 0 Å². The van der Waals surface area contributed by atoms with Crippen molar-refractivity contribution in [3.05, 3.63) is 29.3 Å². The number of amides is 1. The summed E-state index contributed by atoms with van der Waals surface area (Å²) in [6.45, 7) is 1.81. The maximum absolute atomic E-state index is 12.4. The topological polar surface area (TPSA) is 80.5 Å². The number of sulfonamides is 1. The Morgan fingerprint density at radius 2 is 2.00 bits per heavy atom. The minimum Gasteiger partial charge on any atom is -0.339 e. The van der Waals surface area contributed by atoms with Gasteiger partial charge >= 0.3 is 0 Å². The molecule has 1 aromatic rings. The third kappa shape index (κ3) is 2.79. The Kier molecular flexibility index (Phi) is 3.64.